The van der Waals surface area contributed by atoms with Crippen molar-refractivity contribution in [1.29, 1.82) is 0 Å². The van der Waals surface area contributed by atoms with Gasteiger partial charge in [0.1, 0.15) is 0 Å². The fourth-order valence-electron chi connectivity index (χ4n) is 1.65. The van der Waals surface area contributed by atoms with E-state index in [0.29, 0.717) is 0 Å². The first kappa shape index (κ1) is 14.4. The molecule has 2 aromatic carbocycles. The number of benzene rings is 2. The van der Waals surface area contributed by atoms with Crippen molar-refractivity contribution >= 4 is 17.3 Å². The van der Waals surface area contributed by atoms with E-state index in [9.17, 15) is 28.8 Å². The van der Waals surface area contributed by atoms with Crippen LogP contribution in [0.4, 0.5) is 20.2 Å². The Bertz CT molecular complexity index is 734. The molecule has 1 amide bonds. The predicted octanol–water partition coefficient (Wildman–Crippen LogP) is 2.83. The fraction of sp³-hybridized carbons (Fsp3) is 0. The number of nitro groups is 1. The van der Waals surface area contributed by atoms with Crippen LogP contribution in [0.1, 0.15) is 10.4 Å². The van der Waals surface area contributed by atoms with E-state index in [0.717, 1.165) is 24.3 Å². The number of anilines is 1. The Morgan fingerprint density at radius 3 is 2.52 bits per heavy atom. The Hall–Kier alpha value is -3.03. The Labute approximate surface area is 116 Å². The second-order valence-electron chi connectivity index (χ2n) is 3.99. The molecule has 8 heteroatoms. The quantitative estimate of drug-likeness (QED) is 0.672. The largest absolute Gasteiger partial charge is 0.502 e. The number of nitrogens with zero attached hydrogens (tertiary/aromatic N) is 1. The zero-order valence-electron chi connectivity index (χ0n) is 10.3. The Kier molecular flexibility index (Phi) is 3.79. The monoisotopic (exact) mass is 294 g/mol. The molecule has 108 valence electrons. The maximum atomic E-state index is 13.4. The van der Waals surface area contributed by atoms with Crippen molar-refractivity contribution < 1.29 is 23.6 Å². The lowest BCUT2D eigenvalue weighted by molar-refractivity contribution is -0.385. The van der Waals surface area contributed by atoms with Gasteiger partial charge in [0, 0.05) is 6.07 Å². The van der Waals surface area contributed by atoms with Crippen LogP contribution in [0.2, 0.25) is 0 Å². The summed E-state index contributed by atoms with van der Waals surface area (Å²) >= 11 is 0. The molecule has 0 saturated carbocycles. The Morgan fingerprint density at radius 2 is 1.86 bits per heavy atom. The van der Waals surface area contributed by atoms with E-state index >= 15 is 0 Å². The van der Waals surface area contributed by atoms with Crippen molar-refractivity contribution in [2.45, 2.75) is 0 Å². The number of amides is 1. The molecule has 2 aromatic rings. The number of phenols is 1. The molecule has 21 heavy (non-hydrogen) atoms. The molecule has 0 aliphatic rings. The third-order valence-corrected chi connectivity index (χ3v) is 2.66. The minimum Gasteiger partial charge on any atom is -0.502 e. The van der Waals surface area contributed by atoms with Crippen LogP contribution in [0.25, 0.3) is 0 Å². The van der Waals surface area contributed by atoms with Gasteiger partial charge in [-0.25, -0.2) is 8.78 Å². The lowest BCUT2D eigenvalue weighted by Crippen LogP contribution is -2.14. The minimum atomic E-state index is -1.27. The van der Waals surface area contributed by atoms with Crippen LogP contribution < -0.4 is 5.32 Å². The number of nitrogens with one attached hydrogen (secondary N) is 1. The number of halogens is 2. The first-order valence-electron chi connectivity index (χ1n) is 5.63. The van der Waals surface area contributed by atoms with Crippen molar-refractivity contribution in [1.82, 2.24) is 0 Å². The summed E-state index contributed by atoms with van der Waals surface area (Å²) in [4.78, 5) is 21.7. The van der Waals surface area contributed by atoms with E-state index in [1.807, 2.05) is 5.32 Å². The molecule has 2 N–H and O–H groups in total. The molecule has 0 heterocycles. The maximum Gasteiger partial charge on any atom is 0.311 e. The third kappa shape index (κ3) is 2.78. The van der Waals surface area contributed by atoms with Gasteiger partial charge < -0.3 is 10.4 Å². The van der Waals surface area contributed by atoms with Crippen LogP contribution in [0.3, 0.4) is 0 Å². The summed E-state index contributed by atoms with van der Waals surface area (Å²) in [6.07, 6.45) is 0. The van der Waals surface area contributed by atoms with Crippen LogP contribution in [0.15, 0.2) is 36.4 Å². The first-order valence-corrected chi connectivity index (χ1v) is 5.63. The third-order valence-electron chi connectivity index (χ3n) is 2.66. The van der Waals surface area contributed by atoms with Gasteiger partial charge in [-0.3, -0.25) is 14.9 Å². The molecular formula is C13H8F2N2O4. The molecule has 0 unspecified atom stereocenters. The van der Waals surface area contributed by atoms with Crippen molar-refractivity contribution in [3.63, 3.8) is 0 Å². The summed E-state index contributed by atoms with van der Waals surface area (Å²) in [5.74, 6) is -4.27. The summed E-state index contributed by atoms with van der Waals surface area (Å²) in [6.45, 7) is 0. The second kappa shape index (κ2) is 5.53. The summed E-state index contributed by atoms with van der Waals surface area (Å²) in [5.41, 5.74) is -1.53. The molecule has 0 atom stereocenters. The first-order chi connectivity index (χ1) is 9.91. The molecule has 2 rings (SSSR count). The van der Waals surface area contributed by atoms with Crippen LogP contribution in [0, 0.1) is 21.7 Å². The van der Waals surface area contributed by atoms with Crippen LogP contribution in [-0.2, 0) is 0 Å². The van der Waals surface area contributed by atoms with E-state index in [1.165, 1.54) is 12.1 Å². The highest BCUT2D eigenvalue weighted by atomic mass is 19.2. The highest BCUT2D eigenvalue weighted by Crippen LogP contribution is 2.30. The number of rotatable bonds is 3. The SMILES string of the molecule is O=C(Nc1cccc(F)c1F)c1cccc([N+](=O)[O-])c1O. The summed E-state index contributed by atoms with van der Waals surface area (Å²) in [5, 5.41) is 22.4. The molecular weight excluding hydrogens is 286 g/mol. The number of nitro benzene ring substituents is 1. The molecule has 6 nitrogen and oxygen atoms in total. The molecule has 0 saturated heterocycles. The van der Waals surface area contributed by atoms with Gasteiger partial charge in [0.05, 0.1) is 16.2 Å². The number of carbonyl (C=O) groups is 1. The Balaban J connectivity index is 2.35. The highest BCUT2D eigenvalue weighted by molar-refractivity contribution is 6.06. The van der Waals surface area contributed by atoms with Gasteiger partial charge in [0.2, 0.25) is 5.75 Å². The highest BCUT2D eigenvalue weighted by Gasteiger charge is 2.21. The zero-order valence-corrected chi connectivity index (χ0v) is 10.3. The number of para-hydroxylation sites is 1. The van der Waals surface area contributed by atoms with Gasteiger partial charge >= 0.3 is 5.69 Å². The van der Waals surface area contributed by atoms with E-state index in [-0.39, 0.29) is 0 Å². The van der Waals surface area contributed by atoms with Crippen molar-refractivity contribution in [2.75, 3.05) is 5.32 Å². The van der Waals surface area contributed by atoms with E-state index in [4.69, 9.17) is 0 Å². The second-order valence-corrected chi connectivity index (χ2v) is 3.99. The average molecular weight is 294 g/mol. The van der Waals surface area contributed by atoms with E-state index in [2.05, 4.69) is 0 Å². The maximum absolute atomic E-state index is 13.4. The van der Waals surface area contributed by atoms with Crippen molar-refractivity contribution in [3.05, 3.63) is 63.7 Å². The van der Waals surface area contributed by atoms with Gasteiger partial charge in [-0.1, -0.05) is 12.1 Å². The number of phenolic OH excluding ortho intramolecular Hbond substituents is 1. The lowest BCUT2D eigenvalue weighted by atomic mass is 10.1. The van der Waals surface area contributed by atoms with Gasteiger partial charge in [0.15, 0.2) is 11.6 Å². The molecule has 0 bridgehead atoms. The molecule has 0 spiro atoms. The summed E-state index contributed by atoms with van der Waals surface area (Å²) in [7, 11) is 0. The van der Waals surface area contributed by atoms with E-state index < -0.39 is 45.2 Å². The van der Waals surface area contributed by atoms with Crippen LogP contribution >= 0.6 is 0 Å². The fourth-order valence-corrected chi connectivity index (χ4v) is 1.65. The molecule has 0 aliphatic carbocycles. The van der Waals surface area contributed by atoms with Crippen LogP contribution in [-0.4, -0.2) is 15.9 Å². The summed E-state index contributed by atoms with van der Waals surface area (Å²) < 4.78 is 26.4. The predicted molar refractivity (Wildman–Crippen MR) is 69.1 cm³/mol. The van der Waals surface area contributed by atoms with Crippen molar-refractivity contribution in [3.8, 4) is 5.75 Å². The number of hydrogen-bond donors (Lipinski definition) is 2. The zero-order chi connectivity index (χ0) is 15.6. The molecule has 0 radical (unpaired) electrons. The molecule has 0 fully saturated rings. The standard InChI is InChI=1S/C13H8F2N2O4/c14-8-4-2-5-9(11(8)15)16-13(19)7-3-1-6-10(12(7)18)17(20)21/h1-6,18H,(H,16,19). The molecule has 0 aliphatic heterocycles. The average Bonchev–Trinajstić information content (AvgIpc) is 2.43. The normalized spacial score (nSPS) is 10.2. The van der Waals surface area contributed by atoms with Crippen LogP contribution in [0.5, 0.6) is 5.75 Å². The smallest absolute Gasteiger partial charge is 0.311 e. The number of carbonyl (C=O) groups excluding carboxylic acids is 1. The van der Waals surface area contributed by atoms with Gasteiger partial charge in [-0.15, -0.1) is 0 Å². The Morgan fingerprint density at radius 1 is 1.19 bits per heavy atom. The van der Waals surface area contributed by atoms with E-state index in [1.54, 1.807) is 0 Å². The number of hydrogen-bond acceptors (Lipinski definition) is 4. The van der Waals surface area contributed by atoms with Crippen molar-refractivity contribution in [2.24, 2.45) is 0 Å². The minimum absolute atomic E-state index is 0.423. The lowest BCUT2D eigenvalue weighted by Gasteiger charge is -2.08. The number of aromatic hydroxyl groups is 1. The summed E-state index contributed by atoms with van der Waals surface area (Å²) in [6, 6.07) is 6.49. The van der Waals surface area contributed by atoms with Gasteiger partial charge in [-0.2, -0.15) is 0 Å². The van der Waals surface area contributed by atoms with Gasteiger partial charge in [0.25, 0.3) is 5.91 Å². The topological polar surface area (TPSA) is 92.5 Å². The molecule has 0 aromatic heterocycles. The van der Waals surface area contributed by atoms with Gasteiger partial charge in [-0.05, 0) is 18.2 Å².